The molecule has 0 fully saturated rings. The van der Waals surface area contributed by atoms with E-state index in [1.54, 1.807) is 18.2 Å². The molecule has 21 heavy (non-hydrogen) atoms. The predicted octanol–water partition coefficient (Wildman–Crippen LogP) is 2.50. The maximum atomic E-state index is 12.4. The number of nitriles is 1. The molecule has 0 aliphatic rings. The predicted molar refractivity (Wildman–Crippen MR) is 74.5 cm³/mol. The molecule has 0 aromatic heterocycles. The molecule has 0 aliphatic heterocycles. The second kappa shape index (κ2) is 5.88. The zero-order valence-electron chi connectivity index (χ0n) is 11.2. The van der Waals surface area contributed by atoms with E-state index >= 15 is 0 Å². The Labute approximate surface area is 121 Å². The molecule has 0 saturated carbocycles. The molecule has 5 nitrogen and oxygen atoms in total. The lowest BCUT2D eigenvalue weighted by Crippen LogP contribution is -2.10. The Kier molecular flexibility index (Phi) is 4.00. The molecule has 2 aromatic rings. The Morgan fingerprint density at radius 3 is 2.52 bits per heavy atom. The van der Waals surface area contributed by atoms with Gasteiger partial charge in [-0.05, 0) is 30.3 Å². The first-order chi connectivity index (χ1) is 10.1. The fourth-order valence-corrected chi connectivity index (χ4v) is 1.91. The molecular weight excluding hydrogens is 270 g/mol. The van der Waals surface area contributed by atoms with Crippen LogP contribution < -0.4 is 4.74 Å². The van der Waals surface area contributed by atoms with Gasteiger partial charge in [-0.25, -0.2) is 4.79 Å². The summed E-state index contributed by atoms with van der Waals surface area (Å²) in [5.74, 6) is -1.31. The number of ketones is 1. The number of carboxylic acid groups (broad SMARTS) is 1. The summed E-state index contributed by atoms with van der Waals surface area (Å²) in [7, 11) is 1.42. The standard InChI is InChI=1S/C16H11NO4/c1-21-12-5-6-13(14(8-12)16(19)20)15(18)11-4-2-3-10(7-11)9-17/h2-8H,1H3,(H,19,20). The molecule has 0 spiro atoms. The smallest absolute Gasteiger partial charge is 0.336 e. The first kappa shape index (κ1) is 14.3. The van der Waals surface area contributed by atoms with Crippen LogP contribution in [0.2, 0.25) is 0 Å². The zero-order valence-corrected chi connectivity index (χ0v) is 11.2. The van der Waals surface area contributed by atoms with E-state index in [0.29, 0.717) is 11.3 Å². The number of nitrogens with zero attached hydrogens (tertiary/aromatic N) is 1. The van der Waals surface area contributed by atoms with Crippen LogP contribution in [0.5, 0.6) is 5.75 Å². The Bertz CT molecular complexity index is 759. The molecule has 0 aliphatic carbocycles. The van der Waals surface area contributed by atoms with Crippen molar-refractivity contribution in [1.29, 1.82) is 5.26 Å². The molecule has 0 saturated heterocycles. The highest BCUT2D eigenvalue weighted by molar-refractivity contribution is 6.14. The monoisotopic (exact) mass is 281 g/mol. The van der Waals surface area contributed by atoms with E-state index in [9.17, 15) is 14.7 Å². The van der Waals surface area contributed by atoms with Crippen LogP contribution in [-0.2, 0) is 0 Å². The number of hydrogen-bond acceptors (Lipinski definition) is 4. The van der Waals surface area contributed by atoms with Crippen molar-refractivity contribution in [3.05, 3.63) is 64.7 Å². The molecule has 0 radical (unpaired) electrons. The summed E-state index contributed by atoms with van der Waals surface area (Å²) in [5, 5.41) is 18.1. The minimum atomic E-state index is -1.21. The van der Waals surface area contributed by atoms with E-state index in [-0.39, 0.29) is 16.7 Å². The molecule has 2 rings (SSSR count). The van der Waals surface area contributed by atoms with Crippen molar-refractivity contribution in [3.8, 4) is 11.8 Å². The third-order valence-electron chi connectivity index (χ3n) is 2.96. The highest BCUT2D eigenvalue weighted by Crippen LogP contribution is 2.21. The summed E-state index contributed by atoms with van der Waals surface area (Å²) in [6.07, 6.45) is 0. The SMILES string of the molecule is COc1ccc(C(=O)c2cccc(C#N)c2)c(C(=O)O)c1. The van der Waals surface area contributed by atoms with Crippen molar-refractivity contribution in [2.45, 2.75) is 0 Å². The highest BCUT2D eigenvalue weighted by Gasteiger charge is 2.19. The average Bonchev–Trinajstić information content (AvgIpc) is 2.53. The number of methoxy groups -OCH3 is 1. The van der Waals surface area contributed by atoms with Gasteiger partial charge in [-0.15, -0.1) is 0 Å². The van der Waals surface area contributed by atoms with Crippen molar-refractivity contribution in [3.63, 3.8) is 0 Å². The van der Waals surface area contributed by atoms with E-state index in [2.05, 4.69) is 0 Å². The van der Waals surface area contributed by atoms with Crippen LogP contribution >= 0.6 is 0 Å². The highest BCUT2D eigenvalue weighted by atomic mass is 16.5. The van der Waals surface area contributed by atoms with Gasteiger partial charge in [0.1, 0.15) is 5.75 Å². The van der Waals surface area contributed by atoms with Gasteiger partial charge in [-0.2, -0.15) is 5.26 Å². The van der Waals surface area contributed by atoms with Gasteiger partial charge in [0.05, 0.1) is 24.3 Å². The summed E-state index contributed by atoms with van der Waals surface area (Å²) in [6.45, 7) is 0. The maximum absolute atomic E-state index is 12.4. The van der Waals surface area contributed by atoms with Gasteiger partial charge >= 0.3 is 5.97 Å². The van der Waals surface area contributed by atoms with Gasteiger partial charge in [0.2, 0.25) is 0 Å². The van der Waals surface area contributed by atoms with Crippen molar-refractivity contribution in [2.24, 2.45) is 0 Å². The number of hydrogen-bond donors (Lipinski definition) is 1. The Morgan fingerprint density at radius 2 is 1.90 bits per heavy atom. The Hall–Kier alpha value is -3.13. The fraction of sp³-hybridized carbons (Fsp3) is 0.0625. The van der Waals surface area contributed by atoms with Crippen LogP contribution in [-0.4, -0.2) is 24.0 Å². The molecule has 1 N–H and O–H groups in total. The molecule has 2 aromatic carbocycles. The second-order valence-electron chi connectivity index (χ2n) is 4.24. The first-order valence-electron chi connectivity index (χ1n) is 6.03. The lowest BCUT2D eigenvalue weighted by atomic mass is 9.97. The lowest BCUT2D eigenvalue weighted by Gasteiger charge is -2.08. The Morgan fingerprint density at radius 1 is 1.14 bits per heavy atom. The minimum Gasteiger partial charge on any atom is -0.497 e. The molecule has 104 valence electrons. The molecule has 0 bridgehead atoms. The zero-order chi connectivity index (χ0) is 15.4. The van der Waals surface area contributed by atoms with E-state index in [0.717, 1.165) is 0 Å². The van der Waals surface area contributed by atoms with Crippen molar-refractivity contribution in [1.82, 2.24) is 0 Å². The maximum Gasteiger partial charge on any atom is 0.336 e. The molecular formula is C16H11NO4. The number of ether oxygens (including phenoxy) is 1. The minimum absolute atomic E-state index is 0.0541. The molecule has 5 heteroatoms. The molecule has 0 amide bonds. The summed E-state index contributed by atoms with van der Waals surface area (Å²) >= 11 is 0. The quantitative estimate of drug-likeness (QED) is 0.870. The Balaban J connectivity index is 2.52. The first-order valence-corrected chi connectivity index (χ1v) is 6.03. The summed E-state index contributed by atoms with van der Waals surface area (Å²) in [4.78, 5) is 23.7. The van der Waals surface area contributed by atoms with Gasteiger partial charge in [-0.3, -0.25) is 4.79 Å². The largest absolute Gasteiger partial charge is 0.497 e. The van der Waals surface area contributed by atoms with E-state index in [1.165, 1.54) is 31.4 Å². The number of carbonyl (C=O) groups is 2. The van der Waals surface area contributed by atoms with Crippen LogP contribution in [0.3, 0.4) is 0 Å². The molecule has 0 atom stereocenters. The number of aromatic carboxylic acids is 1. The van der Waals surface area contributed by atoms with Gasteiger partial charge in [-0.1, -0.05) is 12.1 Å². The number of carboxylic acids is 1. The van der Waals surface area contributed by atoms with Crippen LogP contribution in [0, 0.1) is 11.3 Å². The molecule has 0 unspecified atom stereocenters. The third-order valence-corrected chi connectivity index (χ3v) is 2.96. The van der Waals surface area contributed by atoms with Gasteiger partial charge in [0, 0.05) is 11.1 Å². The van der Waals surface area contributed by atoms with Crippen molar-refractivity contribution < 1.29 is 19.4 Å². The van der Waals surface area contributed by atoms with Gasteiger partial charge in [0.15, 0.2) is 5.78 Å². The topological polar surface area (TPSA) is 87.4 Å². The van der Waals surface area contributed by atoms with Crippen LogP contribution in [0.4, 0.5) is 0 Å². The van der Waals surface area contributed by atoms with E-state index in [1.807, 2.05) is 6.07 Å². The normalized spacial score (nSPS) is 9.71. The average molecular weight is 281 g/mol. The number of benzene rings is 2. The van der Waals surface area contributed by atoms with Gasteiger partial charge < -0.3 is 9.84 Å². The van der Waals surface area contributed by atoms with E-state index in [4.69, 9.17) is 10.00 Å². The van der Waals surface area contributed by atoms with Crippen molar-refractivity contribution in [2.75, 3.05) is 7.11 Å². The van der Waals surface area contributed by atoms with Crippen LogP contribution in [0.1, 0.15) is 31.8 Å². The molecule has 0 heterocycles. The summed E-state index contributed by atoms with van der Waals surface area (Å²) in [5.41, 5.74) is 0.521. The van der Waals surface area contributed by atoms with Crippen LogP contribution in [0.25, 0.3) is 0 Å². The summed E-state index contributed by atoms with van der Waals surface area (Å²) in [6, 6.07) is 12.3. The van der Waals surface area contributed by atoms with Crippen molar-refractivity contribution >= 4 is 11.8 Å². The third kappa shape index (κ3) is 2.90. The van der Waals surface area contributed by atoms with Crippen LogP contribution in [0.15, 0.2) is 42.5 Å². The lowest BCUT2D eigenvalue weighted by molar-refractivity contribution is 0.0692. The van der Waals surface area contributed by atoms with Gasteiger partial charge in [0.25, 0.3) is 0 Å². The summed E-state index contributed by atoms with van der Waals surface area (Å²) < 4.78 is 4.96. The fourth-order valence-electron chi connectivity index (χ4n) is 1.91. The number of rotatable bonds is 4. The number of carbonyl (C=O) groups excluding carboxylic acids is 1. The van der Waals surface area contributed by atoms with E-state index < -0.39 is 11.8 Å². The second-order valence-corrected chi connectivity index (χ2v) is 4.24.